The molecule has 1 aliphatic rings. The Hall–Kier alpha value is -3.86. The van der Waals surface area contributed by atoms with E-state index in [9.17, 15) is 9.59 Å². The van der Waals surface area contributed by atoms with Gasteiger partial charge in [-0.3, -0.25) is 9.59 Å². The van der Waals surface area contributed by atoms with Gasteiger partial charge in [-0.15, -0.1) is 0 Å². The van der Waals surface area contributed by atoms with Gasteiger partial charge in [-0.1, -0.05) is 61.5 Å². The van der Waals surface area contributed by atoms with Crippen molar-refractivity contribution in [3.05, 3.63) is 96.3 Å². The van der Waals surface area contributed by atoms with Crippen molar-refractivity contribution in [2.24, 2.45) is 0 Å². The number of carbonyl (C=O) groups is 2. The third-order valence-electron chi connectivity index (χ3n) is 6.33. The van der Waals surface area contributed by atoms with Crippen molar-refractivity contribution >= 4 is 34.2 Å². The maximum Gasteiger partial charge on any atom is 0.294 e. The van der Waals surface area contributed by atoms with Crippen LogP contribution in [-0.4, -0.2) is 17.9 Å². The first-order valence-corrected chi connectivity index (χ1v) is 11.4. The van der Waals surface area contributed by atoms with Crippen molar-refractivity contribution in [1.29, 1.82) is 0 Å². The average molecular weight is 439 g/mol. The highest BCUT2D eigenvalue weighted by molar-refractivity contribution is 6.07. The maximum atomic E-state index is 13.6. The lowest BCUT2D eigenvalue weighted by molar-refractivity contribution is -0.118. The molecule has 0 unspecified atom stereocenters. The number of anilines is 2. The summed E-state index contributed by atoms with van der Waals surface area (Å²) in [7, 11) is 0. The van der Waals surface area contributed by atoms with E-state index >= 15 is 0 Å². The van der Waals surface area contributed by atoms with Crippen LogP contribution in [-0.2, 0) is 4.79 Å². The van der Waals surface area contributed by atoms with Gasteiger partial charge < -0.3 is 14.2 Å². The van der Waals surface area contributed by atoms with E-state index < -0.39 is 0 Å². The number of benzene rings is 3. The van der Waals surface area contributed by atoms with Crippen LogP contribution in [0.25, 0.3) is 11.0 Å². The lowest BCUT2D eigenvalue weighted by Gasteiger charge is -2.43. The normalized spacial score (nSPS) is 17.6. The zero-order valence-corrected chi connectivity index (χ0v) is 18.8. The second kappa shape index (κ2) is 8.58. The summed E-state index contributed by atoms with van der Waals surface area (Å²) in [6, 6.07) is 26.8. The fourth-order valence-corrected chi connectivity index (χ4v) is 4.80. The highest BCUT2D eigenvalue weighted by Gasteiger charge is 2.39. The van der Waals surface area contributed by atoms with E-state index in [-0.39, 0.29) is 23.9 Å². The molecule has 3 aromatic carbocycles. The Kier molecular flexibility index (Phi) is 5.47. The Morgan fingerprint density at radius 3 is 2.42 bits per heavy atom. The number of nitrogens with zero attached hydrogens (tertiary/aromatic N) is 2. The molecule has 0 saturated heterocycles. The van der Waals surface area contributed by atoms with Crippen LogP contribution in [0.4, 0.5) is 11.4 Å². The number of hydrogen-bond acceptors (Lipinski definition) is 3. The van der Waals surface area contributed by atoms with E-state index in [0.717, 1.165) is 22.3 Å². The fraction of sp³-hybridized carbons (Fsp3) is 0.214. The maximum absolute atomic E-state index is 13.6. The number of hydrogen-bond donors (Lipinski definition) is 0. The van der Waals surface area contributed by atoms with E-state index in [1.54, 1.807) is 6.07 Å². The van der Waals surface area contributed by atoms with E-state index in [0.29, 0.717) is 24.2 Å². The number of fused-ring (bicyclic) bond motifs is 2. The molecule has 5 rings (SSSR count). The number of furan rings is 1. The van der Waals surface area contributed by atoms with Crippen molar-refractivity contribution in [2.45, 2.75) is 38.8 Å². The summed E-state index contributed by atoms with van der Waals surface area (Å²) < 4.78 is 5.89. The van der Waals surface area contributed by atoms with Crippen LogP contribution in [0.5, 0.6) is 0 Å². The van der Waals surface area contributed by atoms with Crippen LogP contribution in [0.15, 0.2) is 89.3 Å². The summed E-state index contributed by atoms with van der Waals surface area (Å²) in [5, 5.41) is 0.903. The van der Waals surface area contributed by atoms with Crippen LogP contribution in [0, 0.1) is 0 Å². The number of para-hydroxylation sites is 3. The first-order chi connectivity index (χ1) is 16.1. The van der Waals surface area contributed by atoms with E-state index in [1.165, 1.54) is 0 Å². The van der Waals surface area contributed by atoms with Crippen LogP contribution >= 0.6 is 0 Å². The predicted molar refractivity (Wildman–Crippen MR) is 131 cm³/mol. The molecule has 0 spiro atoms. The standard InChI is InChI=1S/C28H26N2O3/c1-3-27(31)30(21-12-5-4-6-13-21)24-17-19(2)29(23-15-9-8-14-22(23)24)28(32)26-18-20-11-7-10-16-25(20)33-26/h4-16,18-19,24H,3,17H2,1-2H3/t19-,24+/m0/s1. The summed E-state index contributed by atoms with van der Waals surface area (Å²) in [5.41, 5.74) is 3.34. The van der Waals surface area contributed by atoms with Crippen molar-refractivity contribution in [3.8, 4) is 0 Å². The smallest absolute Gasteiger partial charge is 0.294 e. The molecule has 0 aliphatic carbocycles. The SMILES string of the molecule is CCC(=O)N(c1ccccc1)[C@@H]1C[C@H](C)N(C(=O)c2cc3ccccc3o2)c2ccccc21. The van der Waals surface area contributed by atoms with Gasteiger partial charge in [0.05, 0.1) is 6.04 Å². The molecule has 0 radical (unpaired) electrons. The summed E-state index contributed by atoms with van der Waals surface area (Å²) >= 11 is 0. The molecule has 2 amide bonds. The van der Waals surface area contributed by atoms with Crippen LogP contribution in [0.1, 0.15) is 48.8 Å². The second-order valence-electron chi connectivity index (χ2n) is 8.44. The Labute approximate surface area is 193 Å². The number of rotatable bonds is 4. The molecule has 0 bridgehead atoms. The summed E-state index contributed by atoms with van der Waals surface area (Å²) in [4.78, 5) is 30.4. The largest absolute Gasteiger partial charge is 0.451 e. The minimum Gasteiger partial charge on any atom is -0.451 e. The molecular weight excluding hydrogens is 412 g/mol. The quantitative estimate of drug-likeness (QED) is 0.373. The van der Waals surface area contributed by atoms with Gasteiger partial charge in [0.2, 0.25) is 5.91 Å². The minimum absolute atomic E-state index is 0.0604. The molecule has 1 aromatic heterocycles. The molecule has 2 atom stereocenters. The average Bonchev–Trinajstić information content (AvgIpc) is 3.29. The van der Waals surface area contributed by atoms with Crippen molar-refractivity contribution < 1.29 is 14.0 Å². The monoisotopic (exact) mass is 438 g/mol. The van der Waals surface area contributed by atoms with Gasteiger partial charge in [0.1, 0.15) is 5.58 Å². The molecule has 0 N–H and O–H groups in total. The van der Waals surface area contributed by atoms with Gasteiger partial charge in [0.25, 0.3) is 5.91 Å². The highest BCUT2D eigenvalue weighted by atomic mass is 16.3. The Balaban J connectivity index is 1.58. The summed E-state index contributed by atoms with van der Waals surface area (Å²) in [6.07, 6.45) is 1.03. The minimum atomic E-state index is -0.169. The highest BCUT2D eigenvalue weighted by Crippen LogP contribution is 2.43. The first-order valence-electron chi connectivity index (χ1n) is 11.4. The molecule has 5 heteroatoms. The predicted octanol–water partition coefficient (Wildman–Crippen LogP) is 6.36. The van der Waals surface area contributed by atoms with Crippen LogP contribution in [0.2, 0.25) is 0 Å². The third-order valence-corrected chi connectivity index (χ3v) is 6.33. The lowest BCUT2D eigenvalue weighted by atomic mass is 9.89. The van der Waals surface area contributed by atoms with Crippen molar-refractivity contribution in [3.63, 3.8) is 0 Å². The van der Waals surface area contributed by atoms with Crippen LogP contribution < -0.4 is 9.80 Å². The van der Waals surface area contributed by atoms with E-state index in [1.807, 2.05) is 103 Å². The molecular formula is C28H26N2O3. The lowest BCUT2D eigenvalue weighted by Crippen LogP contribution is -2.47. The molecule has 5 nitrogen and oxygen atoms in total. The van der Waals surface area contributed by atoms with Crippen molar-refractivity contribution in [2.75, 3.05) is 9.80 Å². The van der Waals surface area contributed by atoms with Gasteiger partial charge in [0, 0.05) is 29.2 Å². The topological polar surface area (TPSA) is 53.8 Å². The molecule has 2 heterocycles. The molecule has 33 heavy (non-hydrogen) atoms. The van der Waals surface area contributed by atoms with Gasteiger partial charge in [-0.25, -0.2) is 0 Å². The number of amides is 2. The van der Waals surface area contributed by atoms with Gasteiger partial charge in [-0.05, 0) is 49.2 Å². The molecule has 1 aliphatic heterocycles. The van der Waals surface area contributed by atoms with E-state index in [4.69, 9.17) is 4.42 Å². The van der Waals surface area contributed by atoms with Crippen molar-refractivity contribution in [1.82, 2.24) is 0 Å². The zero-order valence-electron chi connectivity index (χ0n) is 18.8. The Morgan fingerprint density at radius 1 is 0.970 bits per heavy atom. The van der Waals surface area contributed by atoms with Gasteiger partial charge >= 0.3 is 0 Å². The molecule has 166 valence electrons. The summed E-state index contributed by atoms with van der Waals surface area (Å²) in [5.74, 6) is 0.212. The molecule has 0 saturated carbocycles. The number of carbonyl (C=O) groups excluding carboxylic acids is 2. The fourth-order valence-electron chi connectivity index (χ4n) is 4.80. The molecule has 0 fully saturated rings. The Bertz CT molecular complexity index is 1280. The van der Waals surface area contributed by atoms with Gasteiger partial charge in [-0.2, -0.15) is 0 Å². The van der Waals surface area contributed by atoms with E-state index in [2.05, 4.69) is 0 Å². The molecule has 4 aromatic rings. The Morgan fingerprint density at radius 2 is 1.67 bits per heavy atom. The first kappa shape index (κ1) is 21.0. The second-order valence-corrected chi connectivity index (χ2v) is 8.44. The summed E-state index contributed by atoms with van der Waals surface area (Å²) in [6.45, 7) is 3.91. The zero-order chi connectivity index (χ0) is 22.9. The van der Waals surface area contributed by atoms with Crippen LogP contribution in [0.3, 0.4) is 0 Å². The van der Waals surface area contributed by atoms with Gasteiger partial charge in [0.15, 0.2) is 5.76 Å². The third kappa shape index (κ3) is 3.69.